The second-order valence-electron chi connectivity index (χ2n) is 22.9. The second kappa shape index (κ2) is 22.3. The van der Waals surface area contributed by atoms with E-state index in [0.29, 0.717) is 60.0 Å². The van der Waals surface area contributed by atoms with Crippen LogP contribution in [0.3, 0.4) is 0 Å². The Kier molecular flexibility index (Phi) is 15.1. The number of thiazole rings is 1. The van der Waals surface area contributed by atoms with Crippen molar-refractivity contribution in [2.24, 2.45) is 13.0 Å². The summed E-state index contributed by atoms with van der Waals surface area (Å²) in [6, 6.07) is 30.6. The van der Waals surface area contributed by atoms with Gasteiger partial charge >= 0.3 is 5.97 Å². The third-order valence-corrected chi connectivity index (χ3v) is 17.3. The minimum Gasteiger partial charge on any atom is -0.490 e. The predicted molar refractivity (Wildman–Crippen MR) is 308 cm³/mol. The molecule has 4 aromatic carbocycles. The topological polar surface area (TPSA) is 164 Å². The molecule has 0 radical (unpaired) electrons. The number of benzene rings is 4. The number of carbonyl (C=O) groups excluding carboxylic acids is 4. The Hall–Kier alpha value is -7.17. The average Bonchev–Trinajstić information content (AvgIpc) is 4.15. The van der Waals surface area contributed by atoms with Crippen molar-refractivity contribution < 1.29 is 28.7 Å². The van der Waals surface area contributed by atoms with Crippen LogP contribution >= 0.6 is 11.3 Å². The fourth-order valence-electron chi connectivity index (χ4n) is 12.2. The van der Waals surface area contributed by atoms with Crippen LogP contribution in [0.15, 0.2) is 91.0 Å². The summed E-state index contributed by atoms with van der Waals surface area (Å²) in [5, 5.41) is 11.8. The molecular weight excluding hydrogens is 999 g/mol. The standard InChI is InChI=1S/C62H71N9O6S/c1-38-36-69(33-34-71(38)42-22-25-47-51(35-42)68(6)67-56(47)48-27-29-55(72)65-59(48)74)31-10-9-13-40-20-23-43(24-21-40)76-52-18-12-15-44(39(52)2)45-26-28-54(64-57(45)60(75)77-62(3,4)5)70-32-30-41-14-11-16-46(49(41)37-70)58(73)66-61-63-50-17-7-8-19-53(50)78-61/h7-8,11-12,14-19,22,25-26,28,35,38,40,43,48H,9-10,13,20-21,23-24,27,29-34,36-37H2,1-6H3,(H,63,66,73)(H,65,72,74)/t38-,40?,43?,48?/m0/s1. The van der Waals surface area contributed by atoms with E-state index in [9.17, 15) is 19.2 Å². The van der Waals surface area contributed by atoms with Crippen molar-refractivity contribution in [2.45, 2.75) is 129 Å². The van der Waals surface area contributed by atoms with E-state index >= 15 is 0 Å². The number of pyridine rings is 1. The molecule has 3 fully saturated rings. The Balaban J connectivity index is 0.681. The van der Waals surface area contributed by atoms with Crippen molar-refractivity contribution in [3.63, 3.8) is 0 Å². The number of hydrogen-bond acceptors (Lipinski definition) is 13. The summed E-state index contributed by atoms with van der Waals surface area (Å²) in [5.41, 5.74) is 8.46. The molecule has 0 spiro atoms. The molecule has 406 valence electrons. The molecule has 1 aliphatic carbocycles. The number of esters is 1. The van der Waals surface area contributed by atoms with Gasteiger partial charge in [0.25, 0.3) is 5.91 Å². The Morgan fingerprint density at radius 1 is 0.859 bits per heavy atom. The highest BCUT2D eigenvalue weighted by molar-refractivity contribution is 7.22. The summed E-state index contributed by atoms with van der Waals surface area (Å²) in [7, 11) is 1.93. The zero-order chi connectivity index (χ0) is 54.2. The van der Waals surface area contributed by atoms with Crippen molar-refractivity contribution in [3.05, 3.63) is 125 Å². The molecule has 0 bridgehead atoms. The van der Waals surface area contributed by atoms with E-state index in [2.05, 4.69) is 68.4 Å². The molecule has 1 unspecified atom stereocenters. The first kappa shape index (κ1) is 52.9. The number of anilines is 3. The van der Waals surface area contributed by atoms with E-state index in [1.807, 2.05) is 99.2 Å². The molecule has 15 nitrogen and oxygen atoms in total. The predicted octanol–water partition coefficient (Wildman–Crippen LogP) is 11.2. The van der Waals surface area contributed by atoms with Crippen molar-refractivity contribution in [1.82, 2.24) is 30.0 Å². The molecule has 6 heterocycles. The van der Waals surface area contributed by atoms with Gasteiger partial charge in [0.1, 0.15) is 17.2 Å². The monoisotopic (exact) mass is 1070 g/mol. The molecule has 16 heteroatoms. The third kappa shape index (κ3) is 11.4. The Morgan fingerprint density at radius 3 is 2.47 bits per heavy atom. The van der Waals surface area contributed by atoms with Gasteiger partial charge in [0.2, 0.25) is 11.8 Å². The van der Waals surface area contributed by atoms with E-state index in [4.69, 9.17) is 19.6 Å². The summed E-state index contributed by atoms with van der Waals surface area (Å²) in [4.78, 5) is 69.4. The van der Waals surface area contributed by atoms with E-state index in [1.165, 1.54) is 36.3 Å². The second-order valence-corrected chi connectivity index (χ2v) is 23.9. The first-order valence-electron chi connectivity index (χ1n) is 28.0. The number of piperidine rings is 1. The number of aryl methyl sites for hydroxylation is 1. The van der Waals surface area contributed by atoms with E-state index in [1.54, 1.807) is 0 Å². The van der Waals surface area contributed by atoms with E-state index in [-0.39, 0.29) is 29.5 Å². The number of nitrogens with zero attached hydrogens (tertiary/aromatic N) is 7. The van der Waals surface area contributed by atoms with Crippen LogP contribution in [0.25, 0.3) is 32.2 Å². The van der Waals surface area contributed by atoms with E-state index in [0.717, 1.165) is 113 Å². The quantitative estimate of drug-likeness (QED) is 0.0603. The van der Waals surface area contributed by atoms with E-state index < -0.39 is 17.5 Å². The van der Waals surface area contributed by atoms with Crippen LogP contribution in [0, 0.1) is 12.8 Å². The highest BCUT2D eigenvalue weighted by atomic mass is 32.1. The highest BCUT2D eigenvalue weighted by Crippen LogP contribution is 2.39. The maximum absolute atomic E-state index is 14.1. The Morgan fingerprint density at radius 2 is 1.68 bits per heavy atom. The molecule has 1 saturated carbocycles. The number of carbonyl (C=O) groups is 4. The fourth-order valence-corrected chi connectivity index (χ4v) is 13.1. The number of nitrogens with one attached hydrogen (secondary N) is 2. The number of piperazine rings is 1. The largest absolute Gasteiger partial charge is 0.490 e. The molecular formula is C62H71N9O6S. The van der Waals surface area contributed by atoms with Crippen molar-refractivity contribution in [3.8, 4) is 16.9 Å². The number of hydrogen-bond donors (Lipinski definition) is 2. The van der Waals surface area contributed by atoms with Gasteiger partial charge in [0.05, 0.1) is 33.4 Å². The molecule has 4 aliphatic rings. The van der Waals surface area contributed by atoms with Crippen molar-refractivity contribution >= 4 is 72.8 Å². The van der Waals surface area contributed by atoms with Crippen LogP contribution in [0.5, 0.6) is 5.75 Å². The number of imide groups is 1. The Labute approximate surface area is 460 Å². The van der Waals surface area contributed by atoms with Gasteiger partial charge in [0.15, 0.2) is 10.8 Å². The van der Waals surface area contributed by atoms with Gasteiger partial charge in [-0.2, -0.15) is 5.10 Å². The summed E-state index contributed by atoms with van der Waals surface area (Å²) < 4.78 is 15.7. The zero-order valence-electron chi connectivity index (χ0n) is 45.8. The lowest BCUT2D eigenvalue weighted by Gasteiger charge is -2.41. The number of unbranched alkanes of at least 4 members (excludes halogenated alkanes) is 1. The van der Waals surface area contributed by atoms with Crippen LogP contribution in [0.2, 0.25) is 0 Å². The zero-order valence-corrected chi connectivity index (χ0v) is 46.6. The summed E-state index contributed by atoms with van der Waals surface area (Å²) in [6.07, 6.45) is 9.65. The molecule has 3 amide bonds. The van der Waals surface area contributed by atoms with Gasteiger partial charge in [-0.15, -0.1) is 0 Å². The van der Waals surface area contributed by atoms with Crippen LogP contribution in [-0.4, -0.2) is 98.8 Å². The minimum absolute atomic E-state index is 0.125. The number of para-hydroxylation sites is 1. The first-order chi connectivity index (χ1) is 37.6. The van der Waals surface area contributed by atoms with Gasteiger partial charge < -0.3 is 19.3 Å². The number of aromatic nitrogens is 4. The lowest BCUT2D eigenvalue weighted by Crippen LogP contribution is -2.52. The van der Waals surface area contributed by atoms with Crippen molar-refractivity contribution in [2.75, 3.05) is 47.8 Å². The maximum Gasteiger partial charge on any atom is 0.358 e. The molecule has 2 atom stereocenters. The van der Waals surface area contributed by atoms with Gasteiger partial charge in [-0.05, 0) is 169 Å². The van der Waals surface area contributed by atoms with Crippen LogP contribution < -0.4 is 25.2 Å². The number of rotatable bonds is 14. The molecule has 11 rings (SSSR count). The summed E-state index contributed by atoms with van der Waals surface area (Å²) in [6.45, 7) is 15.2. The van der Waals surface area contributed by atoms with Crippen LogP contribution in [-0.2, 0) is 34.3 Å². The third-order valence-electron chi connectivity index (χ3n) is 16.3. The molecule has 3 aliphatic heterocycles. The maximum atomic E-state index is 14.1. The molecule has 2 saturated heterocycles. The van der Waals surface area contributed by atoms with Gasteiger partial charge in [-0.25, -0.2) is 14.8 Å². The van der Waals surface area contributed by atoms with Gasteiger partial charge in [-0.3, -0.25) is 34.6 Å². The minimum atomic E-state index is -0.731. The molecule has 7 aromatic rings. The molecule has 78 heavy (non-hydrogen) atoms. The summed E-state index contributed by atoms with van der Waals surface area (Å²) in [5.74, 6) is 0.593. The first-order valence-corrected chi connectivity index (χ1v) is 28.8. The number of ether oxygens (including phenoxy) is 2. The smallest absolute Gasteiger partial charge is 0.358 e. The summed E-state index contributed by atoms with van der Waals surface area (Å²) >= 11 is 1.45. The lowest BCUT2D eigenvalue weighted by molar-refractivity contribution is -0.134. The van der Waals surface area contributed by atoms with Gasteiger partial charge in [0, 0.05) is 74.4 Å². The van der Waals surface area contributed by atoms with Crippen LogP contribution in [0.4, 0.5) is 16.6 Å². The Bertz CT molecular complexity index is 3380. The highest BCUT2D eigenvalue weighted by Gasteiger charge is 2.33. The average molecular weight is 1070 g/mol. The number of fused-ring (bicyclic) bond motifs is 3. The SMILES string of the molecule is Cc1c(OC2CCC(CCCCN3CCN(c4ccc5c(C6CCC(=O)NC6=O)nn(C)c5c4)[C@@H](C)C3)CC2)cccc1-c1ccc(N2CCc3cccc(C(=O)Nc4nc5ccccc5s4)c3C2)nc1C(=O)OC(C)(C)C. The van der Waals surface area contributed by atoms with Crippen LogP contribution in [0.1, 0.15) is 135 Å². The molecule has 2 N–H and O–H groups in total. The van der Waals surface area contributed by atoms with Gasteiger partial charge in [-0.1, -0.05) is 60.6 Å². The number of amides is 3. The normalized spacial score (nSPS) is 20.2. The lowest BCUT2D eigenvalue weighted by atomic mass is 9.84. The molecule has 3 aromatic heterocycles. The fraction of sp³-hybridized carbons (Fsp3) is 0.435. The van der Waals surface area contributed by atoms with Crippen molar-refractivity contribution in [1.29, 1.82) is 0 Å².